The zero-order valence-corrected chi connectivity index (χ0v) is 15.4. The maximum Gasteiger partial charge on any atom is 0.310 e. The number of aliphatic hydroxyl groups is 1. The Morgan fingerprint density at radius 3 is 2.56 bits per heavy atom. The first-order valence-electron chi connectivity index (χ1n) is 8.40. The predicted octanol–water partition coefficient (Wildman–Crippen LogP) is 2.18. The molecule has 2 heterocycles. The number of nitrogens with zero attached hydrogens (tertiary/aromatic N) is 3. The van der Waals surface area contributed by atoms with Gasteiger partial charge in [-0.05, 0) is 50.0 Å². The van der Waals surface area contributed by atoms with Crippen molar-refractivity contribution in [1.82, 2.24) is 14.8 Å². The fourth-order valence-corrected chi connectivity index (χ4v) is 2.51. The minimum atomic E-state index is -0.927. The summed E-state index contributed by atoms with van der Waals surface area (Å²) in [4.78, 5) is 4.59. The lowest BCUT2D eigenvalue weighted by Gasteiger charge is -2.37. The van der Waals surface area contributed by atoms with Crippen LogP contribution in [0.1, 0.15) is 27.7 Å². The number of fused-ring (bicyclic) bond motifs is 1. The summed E-state index contributed by atoms with van der Waals surface area (Å²) in [5.41, 5.74) is 1.37. The second-order valence-electron chi connectivity index (χ2n) is 7.47. The van der Waals surface area contributed by atoms with E-state index in [-0.39, 0.29) is 0 Å². The van der Waals surface area contributed by atoms with Crippen molar-refractivity contribution in [3.63, 3.8) is 0 Å². The van der Waals surface area contributed by atoms with Crippen LogP contribution >= 0.6 is 0 Å². The lowest BCUT2D eigenvalue weighted by atomic mass is 9.80. The highest BCUT2D eigenvalue weighted by Crippen LogP contribution is 2.25. The van der Waals surface area contributed by atoms with Crippen molar-refractivity contribution < 1.29 is 9.76 Å². The van der Waals surface area contributed by atoms with Gasteiger partial charge in [0.05, 0.1) is 23.1 Å². The highest BCUT2D eigenvalue weighted by molar-refractivity contribution is 6.51. The largest absolute Gasteiger partial charge is 0.427 e. The summed E-state index contributed by atoms with van der Waals surface area (Å²) in [5, 5.41) is 16.6. The summed E-state index contributed by atoms with van der Waals surface area (Å²) in [5.74, 6) is 0. The van der Waals surface area contributed by atoms with E-state index in [1.807, 2.05) is 51.6 Å². The Kier molecular flexibility index (Phi) is 4.43. The highest BCUT2D eigenvalue weighted by Gasteiger charge is 2.35. The molecule has 130 valence electrons. The Morgan fingerprint density at radius 1 is 1.16 bits per heavy atom. The van der Waals surface area contributed by atoms with Crippen LogP contribution in [0.25, 0.3) is 22.0 Å². The maximum atomic E-state index is 10.3. The van der Waals surface area contributed by atoms with Crippen LogP contribution in [-0.4, -0.2) is 38.6 Å². The molecule has 0 amide bonds. The van der Waals surface area contributed by atoms with Crippen molar-refractivity contribution in [2.75, 3.05) is 0 Å². The zero-order chi connectivity index (χ0) is 18.2. The molecule has 0 saturated carbocycles. The van der Waals surface area contributed by atoms with Crippen molar-refractivity contribution in [1.29, 1.82) is 0 Å². The number of rotatable bonds is 5. The van der Waals surface area contributed by atoms with E-state index in [2.05, 4.69) is 22.2 Å². The van der Waals surface area contributed by atoms with E-state index in [1.54, 1.807) is 18.5 Å². The molecule has 25 heavy (non-hydrogen) atoms. The smallest absolute Gasteiger partial charge is 0.310 e. The van der Waals surface area contributed by atoms with E-state index in [0.717, 1.165) is 27.5 Å². The second kappa shape index (κ2) is 6.28. The summed E-state index contributed by atoms with van der Waals surface area (Å²) in [6, 6.07) is 8.19. The third kappa shape index (κ3) is 3.60. The van der Waals surface area contributed by atoms with Crippen molar-refractivity contribution in [3.8, 4) is 11.3 Å². The van der Waals surface area contributed by atoms with Gasteiger partial charge in [-0.2, -0.15) is 5.10 Å². The molecule has 0 aliphatic rings. The van der Waals surface area contributed by atoms with Gasteiger partial charge in [0.1, 0.15) is 0 Å². The van der Waals surface area contributed by atoms with Gasteiger partial charge in [-0.15, -0.1) is 0 Å². The van der Waals surface area contributed by atoms with E-state index in [1.165, 1.54) is 0 Å². The molecule has 3 aromatic rings. The molecule has 0 radical (unpaired) electrons. The Labute approximate surface area is 148 Å². The average molecular weight is 337 g/mol. The molecular weight excluding hydrogens is 313 g/mol. The molecule has 1 N–H and O–H groups in total. The van der Waals surface area contributed by atoms with Gasteiger partial charge < -0.3 is 9.76 Å². The van der Waals surface area contributed by atoms with Gasteiger partial charge in [0, 0.05) is 25.0 Å². The van der Waals surface area contributed by atoms with Gasteiger partial charge in [0.15, 0.2) is 0 Å². The molecule has 1 aromatic carbocycles. The van der Waals surface area contributed by atoms with Crippen LogP contribution in [0.4, 0.5) is 0 Å². The number of aromatic nitrogens is 3. The topological polar surface area (TPSA) is 60.2 Å². The molecular formula is C19H24BN3O2. The van der Waals surface area contributed by atoms with Crippen LogP contribution in [0.2, 0.25) is 0 Å². The fraction of sp³-hybridized carbons (Fsp3) is 0.368. The molecule has 0 atom stereocenters. The minimum Gasteiger partial charge on any atom is -0.427 e. The first-order chi connectivity index (χ1) is 11.7. The van der Waals surface area contributed by atoms with Gasteiger partial charge in [0.2, 0.25) is 0 Å². The van der Waals surface area contributed by atoms with Gasteiger partial charge in [-0.25, -0.2) is 0 Å². The average Bonchev–Trinajstić information content (AvgIpc) is 2.98. The second-order valence-corrected chi connectivity index (χ2v) is 7.47. The van der Waals surface area contributed by atoms with Crippen LogP contribution in [0, 0.1) is 0 Å². The Hall–Kier alpha value is -2.18. The predicted molar refractivity (Wildman–Crippen MR) is 102 cm³/mol. The molecule has 0 unspecified atom stereocenters. The van der Waals surface area contributed by atoms with Gasteiger partial charge >= 0.3 is 7.48 Å². The molecule has 3 rings (SSSR count). The van der Waals surface area contributed by atoms with E-state index < -0.39 is 11.2 Å². The lowest BCUT2D eigenvalue weighted by Crippen LogP contribution is -2.49. The molecule has 0 bridgehead atoms. The summed E-state index contributed by atoms with van der Waals surface area (Å²) in [6.07, 6.45) is 5.65. The SMILES string of the molecule is Cn1cc(-c2cc3cccc(BOC(C)(C)C(C)(C)O)c3cn2)cn1. The lowest BCUT2D eigenvalue weighted by molar-refractivity contribution is -0.0893. The molecule has 0 saturated heterocycles. The number of hydrogen-bond donors (Lipinski definition) is 1. The normalized spacial score (nSPS) is 12.6. The van der Waals surface area contributed by atoms with E-state index in [9.17, 15) is 5.11 Å². The Balaban J connectivity index is 1.90. The van der Waals surface area contributed by atoms with Crippen LogP contribution in [-0.2, 0) is 11.7 Å². The van der Waals surface area contributed by atoms with E-state index in [4.69, 9.17) is 4.65 Å². The molecule has 0 fully saturated rings. The Morgan fingerprint density at radius 2 is 1.92 bits per heavy atom. The van der Waals surface area contributed by atoms with Gasteiger partial charge in [-0.3, -0.25) is 9.67 Å². The Bertz CT molecular complexity index is 897. The van der Waals surface area contributed by atoms with Crippen LogP contribution in [0.5, 0.6) is 0 Å². The van der Waals surface area contributed by atoms with Gasteiger partial charge in [0.25, 0.3) is 0 Å². The zero-order valence-electron chi connectivity index (χ0n) is 15.4. The van der Waals surface area contributed by atoms with E-state index in [0.29, 0.717) is 7.48 Å². The third-order valence-electron chi connectivity index (χ3n) is 4.92. The summed E-state index contributed by atoms with van der Waals surface area (Å²) >= 11 is 0. The number of hydrogen-bond acceptors (Lipinski definition) is 4. The highest BCUT2D eigenvalue weighted by atomic mass is 16.5. The first kappa shape index (κ1) is 17.6. The molecule has 6 heteroatoms. The summed E-state index contributed by atoms with van der Waals surface area (Å²) < 4.78 is 7.78. The number of pyridine rings is 1. The minimum absolute atomic E-state index is 0.419. The van der Waals surface area contributed by atoms with Crippen LogP contribution < -0.4 is 5.46 Å². The van der Waals surface area contributed by atoms with Crippen LogP contribution in [0.15, 0.2) is 42.9 Å². The van der Waals surface area contributed by atoms with Gasteiger partial charge in [-0.1, -0.05) is 18.2 Å². The monoisotopic (exact) mass is 337 g/mol. The van der Waals surface area contributed by atoms with Crippen molar-refractivity contribution in [2.24, 2.45) is 7.05 Å². The van der Waals surface area contributed by atoms with E-state index >= 15 is 0 Å². The number of aryl methyl sites for hydroxylation is 1. The van der Waals surface area contributed by atoms with Crippen LogP contribution in [0.3, 0.4) is 0 Å². The third-order valence-corrected chi connectivity index (χ3v) is 4.92. The quantitative estimate of drug-likeness (QED) is 0.725. The first-order valence-corrected chi connectivity index (χ1v) is 8.40. The summed E-state index contributed by atoms with van der Waals surface area (Å²) in [7, 11) is 2.31. The molecule has 0 aliphatic carbocycles. The van der Waals surface area contributed by atoms with Crippen molar-refractivity contribution in [2.45, 2.75) is 38.9 Å². The molecule has 0 spiro atoms. The fourth-order valence-electron chi connectivity index (χ4n) is 2.51. The molecule has 2 aromatic heterocycles. The summed E-state index contributed by atoms with van der Waals surface area (Å²) in [6.45, 7) is 7.32. The standard InChI is InChI=1S/C19H24BN3O2/c1-18(2,24)19(3,4)25-20-16-8-6-7-13-9-17(21-11-15(13)16)14-10-22-23(5)12-14/h6-12,20,24H,1-5H3. The van der Waals surface area contributed by atoms with Crippen molar-refractivity contribution in [3.05, 3.63) is 42.9 Å². The molecule has 0 aliphatic heterocycles. The van der Waals surface area contributed by atoms with Crippen molar-refractivity contribution >= 4 is 23.7 Å². The number of benzene rings is 1. The molecule has 5 nitrogen and oxygen atoms in total. The maximum absolute atomic E-state index is 10.3.